The summed E-state index contributed by atoms with van der Waals surface area (Å²) in [4.78, 5) is 0. The number of nitrogens with one attached hydrogen (secondary N) is 1. The Kier molecular flexibility index (Phi) is 5.27. The van der Waals surface area contributed by atoms with E-state index < -0.39 is 0 Å². The van der Waals surface area contributed by atoms with Gasteiger partial charge in [0, 0.05) is 12.1 Å². The molecule has 0 aliphatic rings. The van der Waals surface area contributed by atoms with E-state index >= 15 is 0 Å². The maximum atomic E-state index is 3.79. The van der Waals surface area contributed by atoms with Crippen LogP contribution in [0, 0.1) is 5.92 Å². The molecule has 2 atom stereocenters. The van der Waals surface area contributed by atoms with E-state index in [9.17, 15) is 0 Å². The lowest BCUT2D eigenvalue weighted by Crippen LogP contribution is -2.33. The van der Waals surface area contributed by atoms with Crippen molar-refractivity contribution in [3.8, 4) is 0 Å². The van der Waals surface area contributed by atoms with Crippen molar-refractivity contribution in [1.29, 1.82) is 0 Å². The van der Waals surface area contributed by atoms with Crippen LogP contribution in [0.25, 0.3) is 0 Å². The molecule has 1 aromatic carbocycles. The Labute approximate surface area is 99.6 Å². The fourth-order valence-corrected chi connectivity index (χ4v) is 1.96. The Morgan fingerprint density at radius 2 is 1.81 bits per heavy atom. The minimum atomic E-state index is 0.427. The summed E-state index contributed by atoms with van der Waals surface area (Å²) in [6.45, 7) is 10.5. The summed E-state index contributed by atoms with van der Waals surface area (Å²) in [5.41, 5.74) is 1.37. The average Bonchev–Trinajstić information content (AvgIpc) is 2.27. The molecule has 88 valence electrons. The van der Waals surface area contributed by atoms with Crippen molar-refractivity contribution < 1.29 is 0 Å². The highest BCUT2D eigenvalue weighted by Crippen LogP contribution is 2.22. The minimum Gasteiger partial charge on any atom is -0.307 e. The van der Waals surface area contributed by atoms with Gasteiger partial charge in [-0.1, -0.05) is 50.3 Å². The van der Waals surface area contributed by atoms with Gasteiger partial charge in [-0.25, -0.2) is 0 Å². The van der Waals surface area contributed by atoms with E-state index in [1.165, 1.54) is 5.56 Å². The van der Waals surface area contributed by atoms with Crippen LogP contribution in [-0.2, 0) is 0 Å². The molecule has 0 bridgehead atoms. The predicted molar refractivity (Wildman–Crippen MR) is 71.4 cm³/mol. The third-order valence-corrected chi connectivity index (χ3v) is 2.81. The lowest BCUT2D eigenvalue weighted by Gasteiger charge is -2.26. The summed E-state index contributed by atoms with van der Waals surface area (Å²) >= 11 is 0. The van der Waals surface area contributed by atoms with Gasteiger partial charge in [0.05, 0.1) is 0 Å². The Morgan fingerprint density at radius 3 is 2.31 bits per heavy atom. The van der Waals surface area contributed by atoms with Gasteiger partial charge in [0.2, 0.25) is 0 Å². The zero-order valence-electron chi connectivity index (χ0n) is 10.6. The molecule has 1 N–H and O–H groups in total. The van der Waals surface area contributed by atoms with Gasteiger partial charge in [0.1, 0.15) is 0 Å². The Bertz CT molecular complexity index is 302. The fourth-order valence-electron chi connectivity index (χ4n) is 1.96. The third kappa shape index (κ3) is 3.82. The number of rotatable bonds is 6. The highest BCUT2D eigenvalue weighted by atomic mass is 14.9. The number of benzene rings is 1. The van der Waals surface area contributed by atoms with E-state index in [2.05, 4.69) is 63.0 Å². The van der Waals surface area contributed by atoms with E-state index in [0.29, 0.717) is 18.0 Å². The highest BCUT2D eigenvalue weighted by Gasteiger charge is 2.16. The molecular formula is C15H23N. The first kappa shape index (κ1) is 13.0. The van der Waals surface area contributed by atoms with Crippen LogP contribution < -0.4 is 5.32 Å². The first-order valence-electron chi connectivity index (χ1n) is 6.07. The van der Waals surface area contributed by atoms with Crippen LogP contribution in [0.15, 0.2) is 43.0 Å². The van der Waals surface area contributed by atoms with E-state index in [-0.39, 0.29) is 0 Å². The molecule has 0 amide bonds. The van der Waals surface area contributed by atoms with Gasteiger partial charge in [-0.3, -0.25) is 0 Å². The second-order valence-corrected chi connectivity index (χ2v) is 4.72. The normalized spacial score (nSPS) is 14.8. The van der Waals surface area contributed by atoms with Crippen LogP contribution in [0.4, 0.5) is 0 Å². The standard InChI is InChI=1S/C15H23N/c1-5-9-13(4)16-15(12(2)3)14-10-7-6-8-11-14/h5-8,10-13,15-16H,1,9H2,2-4H3. The zero-order valence-corrected chi connectivity index (χ0v) is 10.6. The van der Waals surface area contributed by atoms with Gasteiger partial charge in [0.15, 0.2) is 0 Å². The second kappa shape index (κ2) is 6.49. The van der Waals surface area contributed by atoms with Crippen LogP contribution in [0.2, 0.25) is 0 Å². The molecule has 0 heterocycles. The molecule has 1 aromatic rings. The SMILES string of the molecule is C=CCC(C)NC(c1ccccc1)C(C)C. The van der Waals surface area contributed by atoms with Gasteiger partial charge in [-0.05, 0) is 24.8 Å². The lowest BCUT2D eigenvalue weighted by molar-refractivity contribution is 0.371. The molecule has 1 nitrogen and oxygen atoms in total. The molecule has 1 rings (SSSR count). The number of hydrogen-bond acceptors (Lipinski definition) is 1. The Balaban J connectivity index is 2.72. The Hall–Kier alpha value is -1.08. The van der Waals surface area contributed by atoms with E-state index in [4.69, 9.17) is 0 Å². The maximum absolute atomic E-state index is 3.79. The van der Waals surface area contributed by atoms with Crippen LogP contribution in [0.5, 0.6) is 0 Å². The van der Waals surface area contributed by atoms with Crippen molar-refractivity contribution in [2.24, 2.45) is 5.92 Å². The molecule has 2 unspecified atom stereocenters. The largest absolute Gasteiger partial charge is 0.307 e. The summed E-state index contributed by atoms with van der Waals surface area (Å²) in [6.07, 6.45) is 2.98. The summed E-state index contributed by atoms with van der Waals surface area (Å²) in [6, 6.07) is 11.6. The van der Waals surface area contributed by atoms with Crippen molar-refractivity contribution in [2.75, 3.05) is 0 Å². The lowest BCUT2D eigenvalue weighted by atomic mass is 9.95. The fraction of sp³-hybridized carbons (Fsp3) is 0.467. The second-order valence-electron chi connectivity index (χ2n) is 4.72. The smallest absolute Gasteiger partial charge is 0.0345 e. The first-order chi connectivity index (χ1) is 7.65. The van der Waals surface area contributed by atoms with Crippen molar-refractivity contribution >= 4 is 0 Å². The summed E-state index contributed by atoms with van der Waals surface area (Å²) in [5, 5.41) is 3.66. The van der Waals surface area contributed by atoms with Gasteiger partial charge >= 0.3 is 0 Å². The van der Waals surface area contributed by atoms with Crippen molar-refractivity contribution in [2.45, 2.75) is 39.3 Å². The molecule has 0 fully saturated rings. The van der Waals surface area contributed by atoms with Crippen LogP contribution in [0.1, 0.15) is 38.8 Å². The van der Waals surface area contributed by atoms with Gasteiger partial charge in [0.25, 0.3) is 0 Å². The zero-order chi connectivity index (χ0) is 12.0. The molecule has 0 aliphatic heterocycles. The van der Waals surface area contributed by atoms with E-state index in [0.717, 1.165) is 6.42 Å². The minimum absolute atomic E-state index is 0.427. The van der Waals surface area contributed by atoms with E-state index in [1.807, 2.05) is 6.08 Å². The number of hydrogen-bond donors (Lipinski definition) is 1. The van der Waals surface area contributed by atoms with Crippen molar-refractivity contribution in [1.82, 2.24) is 5.32 Å². The van der Waals surface area contributed by atoms with Gasteiger partial charge in [-0.15, -0.1) is 6.58 Å². The Morgan fingerprint density at radius 1 is 1.19 bits per heavy atom. The van der Waals surface area contributed by atoms with E-state index in [1.54, 1.807) is 0 Å². The predicted octanol–water partition coefficient (Wildman–Crippen LogP) is 3.94. The molecular weight excluding hydrogens is 194 g/mol. The van der Waals surface area contributed by atoms with Crippen molar-refractivity contribution in [3.63, 3.8) is 0 Å². The summed E-state index contributed by atoms with van der Waals surface area (Å²) in [7, 11) is 0. The summed E-state index contributed by atoms with van der Waals surface area (Å²) in [5.74, 6) is 0.592. The quantitative estimate of drug-likeness (QED) is 0.712. The molecule has 0 radical (unpaired) electrons. The first-order valence-corrected chi connectivity index (χ1v) is 6.07. The summed E-state index contributed by atoms with van der Waals surface area (Å²) < 4.78 is 0. The molecule has 0 saturated heterocycles. The maximum Gasteiger partial charge on any atom is 0.0345 e. The van der Waals surface area contributed by atoms with Gasteiger partial charge in [-0.2, -0.15) is 0 Å². The molecule has 0 aromatic heterocycles. The van der Waals surface area contributed by atoms with Gasteiger partial charge < -0.3 is 5.32 Å². The molecule has 0 aliphatic carbocycles. The topological polar surface area (TPSA) is 12.0 Å². The molecule has 0 saturated carbocycles. The molecule has 16 heavy (non-hydrogen) atoms. The molecule has 0 spiro atoms. The average molecular weight is 217 g/mol. The van der Waals surface area contributed by atoms with Crippen LogP contribution in [-0.4, -0.2) is 6.04 Å². The van der Waals surface area contributed by atoms with Crippen LogP contribution in [0.3, 0.4) is 0 Å². The molecule has 1 heteroatoms. The van der Waals surface area contributed by atoms with Crippen molar-refractivity contribution in [3.05, 3.63) is 48.6 Å². The monoisotopic (exact) mass is 217 g/mol. The third-order valence-electron chi connectivity index (χ3n) is 2.81. The van der Waals surface area contributed by atoms with Crippen LogP contribution >= 0.6 is 0 Å². The highest BCUT2D eigenvalue weighted by molar-refractivity contribution is 5.19.